The molecule has 0 aliphatic rings. The Balaban J connectivity index is 2.13. The lowest BCUT2D eigenvalue weighted by atomic mass is 10.2. The second kappa shape index (κ2) is 7.85. The smallest absolute Gasteiger partial charge is 0.339 e. The third kappa shape index (κ3) is 4.63. The molecule has 0 saturated heterocycles. The number of hydroxylamine groups is 2. The number of pyridine rings is 1. The van der Waals surface area contributed by atoms with E-state index >= 15 is 0 Å². The first kappa shape index (κ1) is 17.1. The standard InChI is InChI=1S/C17H17N3O4/c1-12(20(22)17(18)21)9-10-13-5-3-6-14(11-13)24-16-8-4-7-15(19-16)23-2/h3-8,11-12,22H,1-2H3,(H2,18,21). The summed E-state index contributed by atoms with van der Waals surface area (Å²) in [5.41, 5.74) is 5.62. The molecular formula is C17H17N3O4. The van der Waals surface area contributed by atoms with Crippen LogP contribution in [0.5, 0.6) is 17.5 Å². The maximum Gasteiger partial charge on any atom is 0.339 e. The molecule has 2 aromatic rings. The fourth-order valence-electron chi connectivity index (χ4n) is 1.76. The predicted octanol–water partition coefficient (Wildman–Crippen LogP) is 2.39. The van der Waals surface area contributed by atoms with Crippen LogP contribution in [0.4, 0.5) is 4.79 Å². The largest absolute Gasteiger partial charge is 0.481 e. The van der Waals surface area contributed by atoms with Gasteiger partial charge in [-0.2, -0.15) is 10.0 Å². The number of nitrogens with two attached hydrogens (primary N) is 1. The Kier molecular flexibility index (Phi) is 5.60. The van der Waals surface area contributed by atoms with E-state index in [-0.39, 0.29) is 0 Å². The predicted molar refractivity (Wildman–Crippen MR) is 86.9 cm³/mol. The molecule has 0 fully saturated rings. The number of hydrogen-bond donors (Lipinski definition) is 2. The van der Waals surface area contributed by atoms with Gasteiger partial charge in [0.05, 0.1) is 7.11 Å². The van der Waals surface area contributed by atoms with Crippen LogP contribution < -0.4 is 15.2 Å². The molecule has 0 radical (unpaired) electrons. The molecule has 2 rings (SSSR count). The van der Waals surface area contributed by atoms with E-state index in [1.807, 2.05) is 0 Å². The first-order valence-electron chi connectivity index (χ1n) is 7.07. The number of carbonyl (C=O) groups is 1. The Bertz CT molecular complexity index is 783. The van der Waals surface area contributed by atoms with Gasteiger partial charge in [0.1, 0.15) is 11.8 Å². The zero-order chi connectivity index (χ0) is 17.5. The Hall–Kier alpha value is -3.24. The Morgan fingerprint density at radius 3 is 2.71 bits per heavy atom. The van der Waals surface area contributed by atoms with E-state index < -0.39 is 12.1 Å². The number of benzene rings is 1. The molecule has 1 atom stereocenters. The SMILES string of the molecule is COc1cccc(Oc2cccc(C#CC(C)N(O)C(N)=O)c2)n1. The van der Waals surface area contributed by atoms with Crippen LogP contribution in [0.3, 0.4) is 0 Å². The second-order valence-electron chi connectivity index (χ2n) is 4.78. The third-order valence-electron chi connectivity index (χ3n) is 2.98. The zero-order valence-electron chi connectivity index (χ0n) is 13.3. The lowest BCUT2D eigenvalue weighted by Gasteiger charge is -2.14. The second-order valence-corrected chi connectivity index (χ2v) is 4.78. The van der Waals surface area contributed by atoms with Crippen molar-refractivity contribution in [1.82, 2.24) is 10.0 Å². The van der Waals surface area contributed by atoms with Crippen LogP contribution in [-0.4, -0.2) is 34.4 Å². The summed E-state index contributed by atoms with van der Waals surface area (Å²) < 4.78 is 10.7. The molecule has 1 heterocycles. The summed E-state index contributed by atoms with van der Waals surface area (Å²) in [6, 6.07) is 10.5. The molecule has 0 spiro atoms. The highest BCUT2D eigenvalue weighted by atomic mass is 16.5. The number of hydrogen-bond acceptors (Lipinski definition) is 5. The van der Waals surface area contributed by atoms with E-state index in [2.05, 4.69) is 16.8 Å². The molecule has 1 unspecified atom stereocenters. The minimum Gasteiger partial charge on any atom is -0.481 e. The number of rotatable bonds is 4. The van der Waals surface area contributed by atoms with Gasteiger partial charge in [-0.25, -0.2) is 4.79 Å². The third-order valence-corrected chi connectivity index (χ3v) is 2.98. The highest BCUT2D eigenvalue weighted by Gasteiger charge is 2.11. The first-order valence-corrected chi connectivity index (χ1v) is 7.07. The van der Waals surface area contributed by atoms with Crippen molar-refractivity contribution in [2.24, 2.45) is 5.73 Å². The molecule has 1 aromatic carbocycles. The van der Waals surface area contributed by atoms with Crippen LogP contribution in [-0.2, 0) is 0 Å². The first-order chi connectivity index (χ1) is 11.5. The van der Waals surface area contributed by atoms with Gasteiger partial charge in [-0.3, -0.25) is 5.21 Å². The molecular weight excluding hydrogens is 310 g/mol. The quantitative estimate of drug-likeness (QED) is 0.510. The molecule has 0 bridgehead atoms. The highest BCUT2D eigenvalue weighted by molar-refractivity contribution is 5.71. The fraction of sp³-hybridized carbons (Fsp3) is 0.176. The summed E-state index contributed by atoms with van der Waals surface area (Å²) in [4.78, 5) is 15.0. The minimum absolute atomic E-state index is 0.369. The van der Waals surface area contributed by atoms with Gasteiger partial charge in [-0.05, 0) is 25.1 Å². The molecule has 7 heteroatoms. The summed E-state index contributed by atoms with van der Waals surface area (Å²) in [5, 5.41) is 9.75. The van der Waals surface area contributed by atoms with Crippen molar-refractivity contribution in [3.05, 3.63) is 48.0 Å². The lowest BCUT2D eigenvalue weighted by Crippen LogP contribution is -2.38. The van der Waals surface area contributed by atoms with E-state index in [9.17, 15) is 10.0 Å². The van der Waals surface area contributed by atoms with Gasteiger partial charge in [0.15, 0.2) is 0 Å². The summed E-state index contributed by atoms with van der Waals surface area (Å²) in [5.74, 6) is 6.96. The van der Waals surface area contributed by atoms with E-state index in [1.54, 1.807) is 49.4 Å². The topological polar surface area (TPSA) is 97.9 Å². The van der Waals surface area contributed by atoms with E-state index in [0.717, 1.165) is 0 Å². The van der Waals surface area contributed by atoms with Gasteiger partial charge in [0, 0.05) is 17.7 Å². The fourth-order valence-corrected chi connectivity index (χ4v) is 1.76. The van der Waals surface area contributed by atoms with Crippen molar-refractivity contribution in [2.45, 2.75) is 13.0 Å². The Morgan fingerprint density at radius 2 is 2.00 bits per heavy atom. The van der Waals surface area contributed by atoms with Crippen molar-refractivity contribution in [2.75, 3.05) is 7.11 Å². The van der Waals surface area contributed by atoms with Crippen molar-refractivity contribution in [3.8, 4) is 29.4 Å². The summed E-state index contributed by atoms with van der Waals surface area (Å²) in [6.07, 6.45) is 0. The lowest BCUT2D eigenvalue weighted by molar-refractivity contribution is -0.0536. The normalized spacial score (nSPS) is 11.0. The van der Waals surface area contributed by atoms with Crippen LogP contribution in [0.15, 0.2) is 42.5 Å². The van der Waals surface area contributed by atoms with Gasteiger partial charge < -0.3 is 15.2 Å². The van der Waals surface area contributed by atoms with E-state index in [1.165, 1.54) is 7.11 Å². The van der Waals surface area contributed by atoms with Crippen molar-refractivity contribution >= 4 is 6.03 Å². The molecule has 7 nitrogen and oxygen atoms in total. The molecule has 2 amide bonds. The Labute approximate surface area is 139 Å². The van der Waals surface area contributed by atoms with Crippen molar-refractivity contribution in [1.29, 1.82) is 0 Å². The molecule has 3 N–H and O–H groups in total. The number of nitrogens with zero attached hydrogens (tertiary/aromatic N) is 2. The highest BCUT2D eigenvalue weighted by Crippen LogP contribution is 2.22. The average Bonchev–Trinajstić information content (AvgIpc) is 2.59. The summed E-state index contributed by atoms with van der Waals surface area (Å²) >= 11 is 0. The molecule has 24 heavy (non-hydrogen) atoms. The van der Waals surface area contributed by atoms with Gasteiger partial charge in [0.2, 0.25) is 11.8 Å². The average molecular weight is 327 g/mol. The van der Waals surface area contributed by atoms with Gasteiger partial charge >= 0.3 is 6.03 Å². The maximum absolute atomic E-state index is 10.9. The van der Waals surface area contributed by atoms with Crippen LogP contribution in [0, 0.1) is 11.8 Å². The number of methoxy groups -OCH3 is 1. The van der Waals surface area contributed by atoms with Crippen LogP contribution >= 0.6 is 0 Å². The van der Waals surface area contributed by atoms with Crippen molar-refractivity contribution in [3.63, 3.8) is 0 Å². The monoisotopic (exact) mass is 327 g/mol. The van der Waals surface area contributed by atoms with Crippen LogP contribution in [0.2, 0.25) is 0 Å². The molecule has 124 valence electrons. The van der Waals surface area contributed by atoms with Crippen LogP contribution in [0.1, 0.15) is 12.5 Å². The number of aromatic nitrogens is 1. The summed E-state index contributed by atoms with van der Waals surface area (Å²) in [7, 11) is 1.53. The maximum atomic E-state index is 10.9. The van der Waals surface area contributed by atoms with Crippen molar-refractivity contribution < 1.29 is 19.5 Å². The van der Waals surface area contributed by atoms with Gasteiger partial charge in [-0.1, -0.05) is 24.0 Å². The molecule has 0 aliphatic heterocycles. The summed E-state index contributed by atoms with van der Waals surface area (Å²) in [6.45, 7) is 1.55. The zero-order valence-corrected chi connectivity index (χ0v) is 13.3. The Morgan fingerprint density at radius 1 is 1.29 bits per heavy atom. The minimum atomic E-state index is -0.960. The molecule has 0 saturated carbocycles. The van der Waals surface area contributed by atoms with E-state index in [4.69, 9.17) is 15.2 Å². The van der Waals surface area contributed by atoms with Gasteiger partial charge in [0.25, 0.3) is 0 Å². The number of urea groups is 1. The molecule has 0 aliphatic carbocycles. The number of primary amides is 1. The van der Waals surface area contributed by atoms with Gasteiger partial charge in [-0.15, -0.1) is 0 Å². The number of ether oxygens (including phenoxy) is 2. The number of amides is 2. The molecule has 1 aromatic heterocycles. The van der Waals surface area contributed by atoms with Crippen LogP contribution in [0.25, 0.3) is 0 Å². The van der Waals surface area contributed by atoms with E-state index in [0.29, 0.717) is 28.1 Å². The number of carbonyl (C=O) groups excluding carboxylic acids is 1.